The maximum atomic E-state index is 12.2. The monoisotopic (exact) mass is 381 g/mol. The number of nitrogens with one attached hydrogen (secondary N) is 2. The molecule has 0 radical (unpaired) electrons. The van der Waals surface area contributed by atoms with E-state index in [0.717, 1.165) is 16.9 Å². The zero-order valence-corrected chi connectivity index (χ0v) is 15.7. The highest BCUT2D eigenvalue weighted by Gasteiger charge is 2.05. The number of halogens is 1. The summed E-state index contributed by atoms with van der Waals surface area (Å²) in [5.41, 5.74) is 2.56. The zero-order valence-electron chi connectivity index (χ0n) is 14.9. The summed E-state index contributed by atoms with van der Waals surface area (Å²) in [4.78, 5) is 16.5. The van der Waals surface area contributed by atoms with Crippen LogP contribution in [0.4, 0.5) is 11.5 Å². The molecule has 5 nitrogen and oxygen atoms in total. The number of benzene rings is 2. The average Bonchev–Trinajstić information content (AvgIpc) is 2.69. The second-order valence-electron chi connectivity index (χ2n) is 5.95. The molecule has 1 heterocycles. The second-order valence-corrected chi connectivity index (χ2v) is 6.36. The first kappa shape index (κ1) is 18.7. The van der Waals surface area contributed by atoms with Gasteiger partial charge >= 0.3 is 0 Å². The predicted molar refractivity (Wildman–Crippen MR) is 108 cm³/mol. The second kappa shape index (κ2) is 9.05. The molecule has 1 aromatic heterocycles. The number of hydrogen-bond acceptors (Lipinski definition) is 4. The number of pyridine rings is 1. The molecule has 0 aliphatic rings. The Morgan fingerprint density at radius 1 is 1.07 bits per heavy atom. The number of amides is 1. The summed E-state index contributed by atoms with van der Waals surface area (Å²) in [5.74, 6) is 1.38. The predicted octanol–water partition coefficient (Wildman–Crippen LogP) is 4.54. The lowest BCUT2D eigenvalue weighted by Gasteiger charge is -2.09. The Morgan fingerprint density at radius 2 is 1.85 bits per heavy atom. The van der Waals surface area contributed by atoms with Gasteiger partial charge in [-0.25, -0.2) is 4.98 Å². The van der Waals surface area contributed by atoms with Gasteiger partial charge in [-0.2, -0.15) is 0 Å². The van der Waals surface area contributed by atoms with Crippen molar-refractivity contribution in [2.75, 3.05) is 17.7 Å². The Balaban J connectivity index is 1.52. The van der Waals surface area contributed by atoms with Gasteiger partial charge in [0.15, 0.2) is 0 Å². The van der Waals surface area contributed by atoms with E-state index in [2.05, 4.69) is 15.6 Å². The molecule has 138 valence electrons. The largest absolute Gasteiger partial charge is 0.497 e. The van der Waals surface area contributed by atoms with Gasteiger partial charge in [0.05, 0.1) is 25.4 Å². The van der Waals surface area contributed by atoms with E-state index in [-0.39, 0.29) is 12.3 Å². The van der Waals surface area contributed by atoms with Crippen molar-refractivity contribution in [3.05, 3.63) is 83.0 Å². The fourth-order valence-corrected chi connectivity index (χ4v) is 2.74. The summed E-state index contributed by atoms with van der Waals surface area (Å²) in [6, 6.07) is 18.7. The van der Waals surface area contributed by atoms with Crippen LogP contribution in [-0.4, -0.2) is 18.0 Å². The van der Waals surface area contributed by atoms with Gasteiger partial charge in [0.2, 0.25) is 5.91 Å². The Morgan fingerprint density at radius 3 is 2.52 bits per heavy atom. The molecule has 0 aliphatic heterocycles. The molecule has 0 atom stereocenters. The first-order chi connectivity index (χ1) is 13.1. The molecule has 6 heteroatoms. The Hall–Kier alpha value is -3.05. The van der Waals surface area contributed by atoms with Crippen LogP contribution < -0.4 is 15.4 Å². The van der Waals surface area contributed by atoms with Gasteiger partial charge < -0.3 is 15.4 Å². The normalized spacial score (nSPS) is 10.3. The van der Waals surface area contributed by atoms with Gasteiger partial charge in [0, 0.05) is 11.6 Å². The third-order valence-electron chi connectivity index (χ3n) is 3.99. The van der Waals surface area contributed by atoms with E-state index in [1.807, 2.05) is 60.7 Å². The van der Waals surface area contributed by atoms with Crippen LogP contribution in [0.1, 0.15) is 11.1 Å². The summed E-state index contributed by atoms with van der Waals surface area (Å²) in [6.07, 6.45) is 1.91. The molecule has 0 fully saturated rings. The van der Waals surface area contributed by atoms with Crippen molar-refractivity contribution in [3.63, 3.8) is 0 Å². The van der Waals surface area contributed by atoms with Crippen LogP contribution in [0.2, 0.25) is 5.02 Å². The number of anilines is 2. The molecule has 0 saturated carbocycles. The molecule has 0 saturated heterocycles. The van der Waals surface area contributed by atoms with Gasteiger partial charge in [-0.05, 0) is 41.5 Å². The maximum Gasteiger partial charge on any atom is 0.228 e. The van der Waals surface area contributed by atoms with E-state index < -0.39 is 0 Å². The van der Waals surface area contributed by atoms with Gasteiger partial charge in [-0.1, -0.05) is 41.9 Å². The van der Waals surface area contributed by atoms with Gasteiger partial charge in [0.1, 0.15) is 11.6 Å². The number of carbonyl (C=O) groups excluding carboxylic acids is 1. The number of aromatic nitrogens is 1. The minimum Gasteiger partial charge on any atom is -0.497 e. The molecule has 1 amide bonds. The summed E-state index contributed by atoms with van der Waals surface area (Å²) in [7, 11) is 1.61. The molecule has 2 N–H and O–H groups in total. The van der Waals surface area contributed by atoms with Crippen LogP contribution >= 0.6 is 11.6 Å². The molecule has 27 heavy (non-hydrogen) atoms. The highest BCUT2D eigenvalue weighted by atomic mass is 35.5. The standard InChI is InChI=1S/C21H20ClN3O2/c1-27-18-9-6-15(7-10-18)12-21(26)25-17-8-11-20(24-14-17)23-13-16-4-2-3-5-19(16)22/h2-11,14H,12-13H2,1H3,(H,23,24)(H,25,26). The maximum absolute atomic E-state index is 12.2. The van der Waals surface area contributed by atoms with E-state index in [1.165, 1.54) is 0 Å². The van der Waals surface area contributed by atoms with Gasteiger partial charge in [0.25, 0.3) is 0 Å². The third kappa shape index (κ3) is 5.46. The number of methoxy groups -OCH3 is 1. The first-order valence-electron chi connectivity index (χ1n) is 8.50. The highest BCUT2D eigenvalue weighted by molar-refractivity contribution is 6.31. The molecule has 0 unspecified atom stereocenters. The van der Waals surface area contributed by atoms with Crippen molar-refractivity contribution in [1.29, 1.82) is 0 Å². The van der Waals surface area contributed by atoms with Crippen LogP contribution in [-0.2, 0) is 17.8 Å². The summed E-state index contributed by atoms with van der Waals surface area (Å²) >= 11 is 6.14. The summed E-state index contributed by atoms with van der Waals surface area (Å²) in [5, 5.41) is 6.78. The van der Waals surface area contributed by atoms with Crippen molar-refractivity contribution < 1.29 is 9.53 Å². The molecule has 0 spiro atoms. The number of nitrogens with zero attached hydrogens (tertiary/aromatic N) is 1. The first-order valence-corrected chi connectivity index (χ1v) is 8.88. The fraction of sp³-hybridized carbons (Fsp3) is 0.143. The van der Waals surface area contributed by atoms with Crippen molar-refractivity contribution >= 4 is 29.0 Å². The number of carbonyl (C=O) groups is 1. The van der Waals surface area contributed by atoms with Gasteiger partial charge in [-0.3, -0.25) is 4.79 Å². The Bertz CT molecular complexity index is 896. The van der Waals surface area contributed by atoms with E-state index >= 15 is 0 Å². The number of ether oxygens (including phenoxy) is 1. The molecule has 3 aromatic rings. The molecular formula is C21H20ClN3O2. The summed E-state index contributed by atoms with van der Waals surface area (Å²) in [6.45, 7) is 0.579. The Kier molecular flexibility index (Phi) is 6.28. The van der Waals surface area contributed by atoms with Crippen molar-refractivity contribution in [2.45, 2.75) is 13.0 Å². The van der Waals surface area contributed by atoms with Crippen LogP contribution in [0, 0.1) is 0 Å². The minimum absolute atomic E-state index is 0.0984. The molecule has 3 rings (SSSR count). The molecule has 0 aliphatic carbocycles. The fourth-order valence-electron chi connectivity index (χ4n) is 2.53. The highest BCUT2D eigenvalue weighted by Crippen LogP contribution is 2.17. The smallest absolute Gasteiger partial charge is 0.228 e. The quantitative estimate of drug-likeness (QED) is 0.630. The summed E-state index contributed by atoms with van der Waals surface area (Å²) < 4.78 is 5.11. The minimum atomic E-state index is -0.0984. The average molecular weight is 382 g/mol. The van der Waals surface area contributed by atoms with Crippen LogP contribution in [0.5, 0.6) is 5.75 Å². The topological polar surface area (TPSA) is 63.2 Å². The number of rotatable bonds is 7. The number of hydrogen-bond donors (Lipinski definition) is 2. The van der Waals surface area contributed by atoms with Crippen LogP contribution in [0.25, 0.3) is 0 Å². The van der Waals surface area contributed by atoms with Crippen molar-refractivity contribution in [3.8, 4) is 5.75 Å². The van der Waals surface area contributed by atoms with E-state index in [9.17, 15) is 4.79 Å². The third-order valence-corrected chi connectivity index (χ3v) is 4.36. The van der Waals surface area contributed by atoms with Gasteiger partial charge in [-0.15, -0.1) is 0 Å². The lowest BCUT2D eigenvalue weighted by atomic mass is 10.1. The molecule has 2 aromatic carbocycles. The zero-order chi connectivity index (χ0) is 19.1. The SMILES string of the molecule is COc1ccc(CC(=O)Nc2ccc(NCc3ccccc3Cl)nc2)cc1. The van der Waals surface area contributed by atoms with Crippen molar-refractivity contribution in [2.24, 2.45) is 0 Å². The Labute approximate surface area is 163 Å². The van der Waals surface area contributed by atoms with E-state index in [1.54, 1.807) is 13.3 Å². The van der Waals surface area contributed by atoms with Crippen LogP contribution in [0.3, 0.4) is 0 Å². The van der Waals surface area contributed by atoms with Crippen molar-refractivity contribution in [1.82, 2.24) is 4.98 Å². The molecular weight excluding hydrogens is 362 g/mol. The van der Waals surface area contributed by atoms with Crippen LogP contribution in [0.15, 0.2) is 66.9 Å². The van der Waals surface area contributed by atoms with E-state index in [4.69, 9.17) is 16.3 Å². The van der Waals surface area contributed by atoms with E-state index in [0.29, 0.717) is 23.1 Å². The lowest BCUT2D eigenvalue weighted by Crippen LogP contribution is -2.14. The molecule has 0 bridgehead atoms. The lowest BCUT2D eigenvalue weighted by molar-refractivity contribution is -0.115.